The summed E-state index contributed by atoms with van der Waals surface area (Å²) in [4.78, 5) is 11.4. The van der Waals surface area contributed by atoms with Crippen LogP contribution in [0.5, 0.6) is 0 Å². The molecule has 0 amide bonds. The van der Waals surface area contributed by atoms with E-state index in [1.165, 1.54) is 0 Å². The van der Waals surface area contributed by atoms with Crippen molar-refractivity contribution in [3.63, 3.8) is 0 Å². The van der Waals surface area contributed by atoms with Crippen molar-refractivity contribution in [2.75, 3.05) is 0 Å². The Bertz CT molecular complexity index is 778. The summed E-state index contributed by atoms with van der Waals surface area (Å²) in [5, 5.41) is 16.5. The number of nitrogens with one attached hydrogen (secondary N) is 2. The predicted octanol–water partition coefficient (Wildman–Crippen LogP) is 5.41. The van der Waals surface area contributed by atoms with Gasteiger partial charge in [0.25, 0.3) is 0 Å². The van der Waals surface area contributed by atoms with Gasteiger partial charge in [-0.05, 0) is 12.1 Å². The minimum absolute atomic E-state index is 0.189. The van der Waals surface area contributed by atoms with Crippen LogP contribution in [0.1, 0.15) is 65.1 Å². The van der Waals surface area contributed by atoms with Crippen molar-refractivity contribution >= 4 is 34.4 Å². The van der Waals surface area contributed by atoms with Gasteiger partial charge in [-0.25, -0.2) is 9.98 Å². The smallest absolute Gasteiger partial charge is 0.127 e. The van der Waals surface area contributed by atoms with Crippen LogP contribution in [-0.4, -0.2) is 23.1 Å². The standard InChI is InChI=1S/C20H28N4S/c1-17(2)13(23-15(21)19(17,5)6)11-9-10-12(25-11)14-18(3,4)20(7,8)16(22)24-14/h9-10,21-22H,1-8H3. The number of hydrogen-bond acceptors (Lipinski definition) is 3. The second-order valence-electron chi connectivity index (χ2n) is 9.28. The Morgan fingerprint density at radius 1 is 0.640 bits per heavy atom. The monoisotopic (exact) mass is 356 g/mol. The van der Waals surface area contributed by atoms with Crippen LogP contribution >= 0.6 is 11.3 Å². The maximum absolute atomic E-state index is 8.27. The molecule has 1 aromatic rings. The van der Waals surface area contributed by atoms with Gasteiger partial charge in [-0.3, -0.25) is 10.8 Å². The minimum Gasteiger partial charge on any atom is -0.286 e. The van der Waals surface area contributed by atoms with Gasteiger partial charge in [0, 0.05) is 31.4 Å². The molecule has 0 spiro atoms. The van der Waals surface area contributed by atoms with Crippen LogP contribution in [0.15, 0.2) is 22.1 Å². The van der Waals surface area contributed by atoms with Crippen molar-refractivity contribution < 1.29 is 0 Å². The van der Waals surface area contributed by atoms with E-state index in [0.717, 1.165) is 21.2 Å². The molecule has 0 saturated heterocycles. The first-order valence-electron chi connectivity index (χ1n) is 8.71. The molecule has 0 atom stereocenters. The second-order valence-corrected chi connectivity index (χ2v) is 10.4. The average Bonchev–Trinajstić information content (AvgIpc) is 3.06. The highest BCUT2D eigenvalue weighted by atomic mass is 32.1. The highest BCUT2D eigenvalue weighted by Gasteiger charge is 2.52. The van der Waals surface area contributed by atoms with Gasteiger partial charge in [-0.2, -0.15) is 0 Å². The zero-order valence-electron chi connectivity index (χ0n) is 16.5. The Morgan fingerprint density at radius 3 is 1.20 bits per heavy atom. The maximum Gasteiger partial charge on any atom is 0.127 e. The Morgan fingerprint density at radius 2 is 0.960 bits per heavy atom. The highest BCUT2D eigenvalue weighted by Crippen LogP contribution is 2.50. The Balaban J connectivity index is 2.04. The molecule has 2 N–H and O–H groups in total. The van der Waals surface area contributed by atoms with Gasteiger partial charge in [0.1, 0.15) is 11.7 Å². The minimum atomic E-state index is -0.277. The largest absolute Gasteiger partial charge is 0.286 e. The van der Waals surface area contributed by atoms with E-state index in [1.54, 1.807) is 11.3 Å². The van der Waals surface area contributed by atoms with Crippen molar-refractivity contribution in [2.24, 2.45) is 31.6 Å². The lowest BCUT2D eigenvalue weighted by Crippen LogP contribution is -2.38. The lowest BCUT2D eigenvalue weighted by atomic mass is 9.66. The first-order chi connectivity index (χ1) is 11.2. The van der Waals surface area contributed by atoms with Crippen LogP contribution in [0, 0.1) is 32.5 Å². The molecule has 0 fully saturated rings. The Kier molecular flexibility index (Phi) is 3.61. The third-order valence-corrected chi connectivity index (χ3v) is 8.11. The molecule has 0 aromatic carbocycles. The molecule has 0 bridgehead atoms. The summed E-state index contributed by atoms with van der Waals surface area (Å²) < 4.78 is 0. The van der Waals surface area contributed by atoms with Crippen molar-refractivity contribution in [2.45, 2.75) is 55.4 Å². The molecule has 4 nitrogen and oxygen atoms in total. The van der Waals surface area contributed by atoms with E-state index in [0.29, 0.717) is 11.7 Å². The van der Waals surface area contributed by atoms with Crippen molar-refractivity contribution in [1.29, 1.82) is 10.8 Å². The maximum atomic E-state index is 8.27. The molecule has 25 heavy (non-hydrogen) atoms. The number of nitrogens with zero attached hydrogens (tertiary/aromatic N) is 2. The molecule has 0 unspecified atom stereocenters. The van der Waals surface area contributed by atoms with Crippen LogP contribution in [-0.2, 0) is 0 Å². The molecule has 3 heterocycles. The summed E-state index contributed by atoms with van der Waals surface area (Å²) in [6, 6.07) is 4.20. The summed E-state index contributed by atoms with van der Waals surface area (Å²) in [7, 11) is 0. The number of amidine groups is 2. The molecular weight excluding hydrogens is 328 g/mol. The van der Waals surface area contributed by atoms with Crippen LogP contribution in [0.2, 0.25) is 0 Å². The van der Waals surface area contributed by atoms with Gasteiger partial charge in [-0.1, -0.05) is 55.4 Å². The lowest BCUT2D eigenvalue weighted by Gasteiger charge is -2.35. The van der Waals surface area contributed by atoms with Gasteiger partial charge in [-0.15, -0.1) is 11.3 Å². The number of hydrogen-bond donors (Lipinski definition) is 2. The lowest BCUT2D eigenvalue weighted by molar-refractivity contribution is 0.297. The molecule has 134 valence electrons. The van der Waals surface area contributed by atoms with E-state index < -0.39 is 0 Å². The van der Waals surface area contributed by atoms with Crippen LogP contribution < -0.4 is 0 Å². The number of rotatable bonds is 2. The zero-order chi connectivity index (χ0) is 19.0. The van der Waals surface area contributed by atoms with E-state index in [9.17, 15) is 0 Å². The fourth-order valence-corrected chi connectivity index (χ4v) is 4.59. The highest BCUT2D eigenvalue weighted by molar-refractivity contribution is 7.16. The van der Waals surface area contributed by atoms with Crippen LogP contribution in [0.25, 0.3) is 0 Å². The quantitative estimate of drug-likeness (QED) is 0.711. The van der Waals surface area contributed by atoms with E-state index in [4.69, 9.17) is 10.8 Å². The molecule has 3 rings (SSSR count). The van der Waals surface area contributed by atoms with Gasteiger partial charge in [0.15, 0.2) is 0 Å². The van der Waals surface area contributed by atoms with Gasteiger partial charge in [0.2, 0.25) is 0 Å². The SMILES string of the molecule is CC1(C)C(=N)N=C(c2ccc(C3=NC(=N)C(C)(C)C3(C)C)s2)C1(C)C. The van der Waals surface area contributed by atoms with Crippen LogP contribution in [0.3, 0.4) is 0 Å². The number of thiophene rings is 1. The molecule has 1 aromatic heterocycles. The topological polar surface area (TPSA) is 72.4 Å². The Hall–Kier alpha value is -1.62. The molecule has 0 saturated carbocycles. The van der Waals surface area contributed by atoms with Gasteiger partial charge >= 0.3 is 0 Å². The molecule has 0 aliphatic carbocycles. The summed E-state index contributed by atoms with van der Waals surface area (Å²) in [5.74, 6) is 0.896. The summed E-state index contributed by atoms with van der Waals surface area (Å²) >= 11 is 1.68. The Labute approximate surface area is 154 Å². The fraction of sp³-hybridized carbons (Fsp3) is 0.600. The summed E-state index contributed by atoms with van der Waals surface area (Å²) in [5.41, 5.74) is 1.05. The van der Waals surface area contributed by atoms with E-state index >= 15 is 0 Å². The molecule has 5 heteroatoms. The van der Waals surface area contributed by atoms with E-state index in [2.05, 4.69) is 77.5 Å². The molecular formula is C20H28N4S. The van der Waals surface area contributed by atoms with Crippen molar-refractivity contribution in [3.05, 3.63) is 21.9 Å². The summed E-state index contributed by atoms with van der Waals surface area (Å²) in [6.45, 7) is 17.0. The van der Waals surface area contributed by atoms with E-state index in [1.807, 2.05) is 0 Å². The predicted molar refractivity (Wildman–Crippen MR) is 108 cm³/mol. The molecule has 2 aliphatic rings. The first kappa shape index (κ1) is 18.2. The van der Waals surface area contributed by atoms with Gasteiger partial charge in [0.05, 0.1) is 11.4 Å². The average molecular weight is 357 g/mol. The van der Waals surface area contributed by atoms with Crippen LogP contribution in [0.4, 0.5) is 0 Å². The van der Waals surface area contributed by atoms with Gasteiger partial charge < -0.3 is 0 Å². The molecule has 0 radical (unpaired) electrons. The zero-order valence-corrected chi connectivity index (χ0v) is 17.3. The second kappa shape index (κ2) is 4.97. The fourth-order valence-electron chi connectivity index (χ4n) is 3.29. The third kappa shape index (κ3) is 2.17. The molecule has 2 aliphatic heterocycles. The van der Waals surface area contributed by atoms with Crippen molar-refractivity contribution in [1.82, 2.24) is 0 Å². The third-order valence-electron chi connectivity index (χ3n) is 7.01. The first-order valence-corrected chi connectivity index (χ1v) is 9.53. The van der Waals surface area contributed by atoms with Crippen molar-refractivity contribution in [3.8, 4) is 0 Å². The summed E-state index contributed by atoms with van der Waals surface area (Å²) in [6.07, 6.45) is 0. The normalized spacial score (nSPS) is 25.9. The van der Waals surface area contributed by atoms with E-state index in [-0.39, 0.29) is 21.7 Å². The number of aliphatic imine (C=N–C) groups is 2.